The molecule has 0 spiro atoms. The van der Waals surface area contributed by atoms with Crippen molar-refractivity contribution in [3.63, 3.8) is 0 Å². The first kappa shape index (κ1) is 13.3. The highest BCUT2D eigenvalue weighted by Gasteiger charge is 2.06. The second-order valence-electron chi connectivity index (χ2n) is 3.27. The number of halogens is 1. The van der Waals surface area contributed by atoms with Crippen LogP contribution in [-0.2, 0) is 20.7 Å². The molecule has 1 rings (SSSR count). The van der Waals surface area contributed by atoms with E-state index in [-0.39, 0.29) is 6.42 Å². The number of rotatable bonds is 4. The molecular formula is C12H11ClO4. The van der Waals surface area contributed by atoms with Gasteiger partial charge < -0.3 is 9.84 Å². The Bertz CT molecular complexity index is 466. The standard InChI is InChI=1S/C12H11ClO4/c1-17-12(16)5-3-8-6-10(13)4-2-9(8)7-11(14)15/h2-6H,7H2,1H3,(H,14,15). The van der Waals surface area contributed by atoms with Crippen molar-refractivity contribution < 1.29 is 19.4 Å². The number of carboxylic acids is 1. The highest BCUT2D eigenvalue weighted by molar-refractivity contribution is 6.30. The summed E-state index contributed by atoms with van der Waals surface area (Å²) in [5, 5.41) is 9.21. The average molecular weight is 255 g/mol. The Morgan fingerprint density at radius 1 is 1.47 bits per heavy atom. The van der Waals surface area contributed by atoms with Gasteiger partial charge in [0.2, 0.25) is 0 Å². The summed E-state index contributed by atoms with van der Waals surface area (Å²) in [5.41, 5.74) is 1.17. The minimum absolute atomic E-state index is 0.127. The third kappa shape index (κ3) is 4.28. The molecule has 0 saturated carbocycles. The van der Waals surface area contributed by atoms with Crippen molar-refractivity contribution >= 4 is 29.6 Å². The number of carbonyl (C=O) groups is 2. The van der Waals surface area contributed by atoms with E-state index in [1.54, 1.807) is 18.2 Å². The Morgan fingerprint density at radius 2 is 2.18 bits per heavy atom. The van der Waals surface area contributed by atoms with Gasteiger partial charge >= 0.3 is 11.9 Å². The van der Waals surface area contributed by atoms with Gasteiger partial charge in [0.05, 0.1) is 13.5 Å². The third-order valence-electron chi connectivity index (χ3n) is 2.05. The van der Waals surface area contributed by atoms with Crippen LogP contribution in [0.15, 0.2) is 24.3 Å². The maximum Gasteiger partial charge on any atom is 0.330 e. The average Bonchev–Trinajstić information content (AvgIpc) is 2.28. The van der Waals surface area contributed by atoms with Crippen LogP contribution in [0, 0.1) is 0 Å². The van der Waals surface area contributed by atoms with Gasteiger partial charge in [-0.3, -0.25) is 4.79 Å². The second-order valence-corrected chi connectivity index (χ2v) is 3.71. The van der Waals surface area contributed by atoms with Gasteiger partial charge in [-0.1, -0.05) is 17.7 Å². The van der Waals surface area contributed by atoms with Gasteiger partial charge in [0.25, 0.3) is 0 Å². The number of carbonyl (C=O) groups excluding carboxylic acids is 1. The lowest BCUT2D eigenvalue weighted by atomic mass is 10.0. The first-order chi connectivity index (χ1) is 8.02. The number of methoxy groups -OCH3 is 1. The lowest BCUT2D eigenvalue weighted by Crippen LogP contribution is -2.02. The fourth-order valence-corrected chi connectivity index (χ4v) is 1.45. The van der Waals surface area contributed by atoms with Gasteiger partial charge in [-0.25, -0.2) is 4.79 Å². The van der Waals surface area contributed by atoms with Crippen molar-refractivity contribution in [3.8, 4) is 0 Å². The summed E-state index contributed by atoms with van der Waals surface area (Å²) < 4.78 is 4.45. The van der Waals surface area contributed by atoms with Crippen LogP contribution in [0.25, 0.3) is 6.08 Å². The van der Waals surface area contributed by atoms with Crippen LogP contribution < -0.4 is 0 Å². The molecule has 0 bridgehead atoms. The second kappa shape index (κ2) is 6.06. The molecule has 0 amide bonds. The zero-order chi connectivity index (χ0) is 12.8. The Balaban J connectivity index is 3.02. The molecule has 0 saturated heterocycles. The zero-order valence-electron chi connectivity index (χ0n) is 9.14. The molecule has 5 heteroatoms. The minimum atomic E-state index is -0.944. The minimum Gasteiger partial charge on any atom is -0.481 e. The van der Waals surface area contributed by atoms with E-state index in [1.165, 1.54) is 19.3 Å². The summed E-state index contributed by atoms with van der Waals surface area (Å²) >= 11 is 5.81. The molecule has 0 radical (unpaired) electrons. The number of aliphatic carboxylic acids is 1. The van der Waals surface area contributed by atoms with Crippen LogP contribution in [0.1, 0.15) is 11.1 Å². The van der Waals surface area contributed by atoms with E-state index >= 15 is 0 Å². The molecular weight excluding hydrogens is 244 g/mol. The first-order valence-corrected chi connectivity index (χ1v) is 5.17. The summed E-state index contributed by atoms with van der Waals surface area (Å²) in [6, 6.07) is 4.82. The van der Waals surface area contributed by atoms with Crippen LogP contribution in [0.5, 0.6) is 0 Å². The highest BCUT2D eigenvalue weighted by atomic mass is 35.5. The predicted octanol–water partition coefficient (Wildman–Crippen LogP) is 2.15. The smallest absolute Gasteiger partial charge is 0.330 e. The fourth-order valence-electron chi connectivity index (χ4n) is 1.27. The van der Waals surface area contributed by atoms with Gasteiger partial charge in [-0.05, 0) is 29.3 Å². The zero-order valence-corrected chi connectivity index (χ0v) is 9.90. The molecule has 1 N–H and O–H groups in total. The predicted molar refractivity (Wildman–Crippen MR) is 63.8 cm³/mol. The number of benzene rings is 1. The summed E-state index contributed by atoms with van der Waals surface area (Å²) in [4.78, 5) is 21.6. The van der Waals surface area contributed by atoms with Crippen LogP contribution in [0.3, 0.4) is 0 Å². The van der Waals surface area contributed by atoms with Gasteiger partial charge in [0.15, 0.2) is 0 Å². The van der Waals surface area contributed by atoms with Crippen LogP contribution in [-0.4, -0.2) is 24.2 Å². The van der Waals surface area contributed by atoms with Crippen molar-refractivity contribution in [2.45, 2.75) is 6.42 Å². The molecule has 0 aliphatic heterocycles. The maximum atomic E-state index is 10.9. The third-order valence-corrected chi connectivity index (χ3v) is 2.28. The molecule has 0 heterocycles. The molecule has 4 nitrogen and oxygen atoms in total. The molecule has 17 heavy (non-hydrogen) atoms. The Labute approximate surface area is 103 Å². The van der Waals surface area contributed by atoms with E-state index < -0.39 is 11.9 Å². The largest absolute Gasteiger partial charge is 0.481 e. The van der Waals surface area contributed by atoms with Crippen LogP contribution >= 0.6 is 11.6 Å². The first-order valence-electron chi connectivity index (χ1n) is 4.79. The molecule has 0 atom stereocenters. The van der Waals surface area contributed by atoms with Crippen LogP contribution in [0.2, 0.25) is 5.02 Å². The normalized spacial score (nSPS) is 10.5. The molecule has 0 unspecified atom stereocenters. The lowest BCUT2D eigenvalue weighted by molar-refractivity contribution is -0.136. The lowest BCUT2D eigenvalue weighted by Gasteiger charge is -2.03. The van der Waals surface area contributed by atoms with Crippen molar-refractivity contribution in [1.82, 2.24) is 0 Å². The van der Waals surface area contributed by atoms with Crippen LogP contribution in [0.4, 0.5) is 0 Å². The highest BCUT2D eigenvalue weighted by Crippen LogP contribution is 2.18. The van der Waals surface area contributed by atoms with Gasteiger partial charge in [0.1, 0.15) is 0 Å². The quantitative estimate of drug-likeness (QED) is 0.661. The number of hydrogen-bond donors (Lipinski definition) is 1. The van der Waals surface area contributed by atoms with Gasteiger partial charge in [-0.2, -0.15) is 0 Å². The van der Waals surface area contributed by atoms with Crippen molar-refractivity contribution in [1.29, 1.82) is 0 Å². The molecule has 0 fully saturated rings. The summed E-state index contributed by atoms with van der Waals surface area (Å²) in [6.45, 7) is 0. The van der Waals surface area contributed by atoms with E-state index in [2.05, 4.69) is 4.74 Å². The Hall–Kier alpha value is -1.81. The molecule has 90 valence electrons. The van der Waals surface area contributed by atoms with Crippen molar-refractivity contribution in [2.75, 3.05) is 7.11 Å². The molecule has 0 aliphatic rings. The fraction of sp³-hybridized carbons (Fsp3) is 0.167. The maximum absolute atomic E-state index is 10.9. The van der Waals surface area contributed by atoms with Gasteiger partial charge in [0, 0.05) is 11.1 Å². The van der Waals surface area contributed by atoms with Gasteiger partial charge in [-0.15, -0.1) is 0 Å². The molecule has 0 aliphatic carbocycles. The van der Waals surface area contributed by atoms with Crippen molar-refractivity contribution in [2.24, 2.45) is 0 Å². The number of esters is 1. The Kier molecular flexibility index (Phi) is 4.72. The van der Waals surface area contributed by atoms with E-state index in [0.717, 1.165) is 0 Å². The SMILES string of the molecule is COC(=O)C=Cc1cc(Cl)ccc1CC(=O)O. The monoisotopic (exact) mass is 254 g/mol. The Morgan fingerprint density at radius 3 is 2.76 bits per heavy atom. The van der Waals surface area contributed by atoms with Crippen molar-refractivity contribution in [3.05, 3.63) is 40.4 Å². The molecule has 1 aromatic rings. The number of carboxylic acid groups (broad SMARTS) is 1. The number of ether oxygens (including phenoxy) is 1. The van der Waals surface area contributed by atoms with E-state index in [9.17, 15) is 9.59 Å². The molecule has 1 aromatic carbocycles. The topological polar surface area (TPSA) is 63.6 Å². The summed E-state index contributed by atoms with van der Waals surface area (Å²) in [7, 11) is 1.27. The summed E-state index contributed by atoms with van der Waals surface area (Å²) in [6.07, 6.45) is 2.57. The van der Waals surface area contributed by atoms with E-state index in [1.807, 2.05) is 0 Å². The number of hydrogen-bond acceptors (Lipinski definition) is 3. The van der Waals surface area contributed by atoms with E-state index in [0.29, 0.717) is 16.1 Å². The van der Waals surface area contributed by atoms with E-state index in [4.69, 9.17) is 16.7 Å². The summed E-state index contributed by atoms with van der Waals surface area (Å²) in [5.74, 6) is -1.45. The molecule has 0 aromatic heterocycles.